The van der Waals surface area contributed by atoms with E-state index >= 15 is 0 Å². The monoisotopic (exact) mass is 311 g/mol. The van der Waals surface area contributed by atoms with E-state index < -0.39 is 0 Å². The summed E-state index contributed by atoms with van der Waals surface area (Å²) in [5, 5.41) is 6.67. The van der Waals surface area contributed by atoms with E-state index in [4.69, 9.17) is 22.1 Å². The number of benzene rings is 1. The van der Waals surface area contributed by atoms with Gasteiger partial charge in [0.1, 0.15) is 5.75 Å². The molecule has 1 aliphatic heterocycles. The molecule has 2 rings (SSSR count). The zero-order valence-electron chi connectivity index (χ0n) is 12.5. The van der Waals surface area contributed by atoms with Gasteiger partial charge in [0.2, 0.25) is 0 Å². The third-order valence-corrected chi connectivity index (χ3v) is 4.38. The standard InChI is InChI=1S/C15H22ClN3O2/c1-15(3-5-18-6-4-15)9-19-14(20)10-7-11(16)12(17)8-13(10)21-2/h7-8,18H,3-6,9,17H2,1-2H3,(H,19,20). The van der Waals surface area contributed by atoms with Gasteiger partial charge in [0, 0.05) is 12.6 Å². The van der Waals surface area contributed by atoms with E-state index in [1.807, 2.05) is 0 Å². The Balaban J connectivity index is 2.08. The van der Waals surface area contributed by atoms with Gasteiger partial charge in [-0.25, -0.2) is 0 Å². The van der Waals surface area contributed by atoms with Gasteiger partial charge in [0.25, 0.3) is 5.91 Å². The van der Waals surface area contributed by atoms with Crippen LogP contribution in [0.15, 0.2) is 12.1 Å². The summed E-state index contributed by atoms with van der Waals surface area (Å²) in [4.78, 5) is 12.4. The largest absolute Gasteiger partial charge is 0.496 e. The number of halogens is 1. The number of hydrogen-bond acceptors (Lipinski definition) is 4. The van der Waals surface area contributed by atoms with Crippen molar-refractivity contribution in [1.29, 1.82) is 0 Å². The summed E-state index contributed by atoms with van der Waals surface area (Å²) in [6, 6.07) is 3.12. The number of nitrogens with one attached hydrogen (secondary N) is 2. The maximum Gasteiger partial charge on any atom is 0.255 e. The Labute approximate surface area is 130 Å². The normalized spacial score (nSPS) is 17.3. The van der Waals surface area contributed by atoms with Crippen LogP contribution < -0.4 is 21.1 Å². The number of nitrogen functional groups attached to an aromatic ring is 1. The maximum absolute atomic E-state index is 12.4. The minimum atomic E-state index is -0.187. The van der Waals surface area contributed by atoms with Crippen molar-refractivity contribution in [2.45, 2.75) is 19.8 Å². The van der Waals surface area contributed by atoms with Crippen LogP contribution in [-0.4, -0.2) is 32.7 Å². The van der Waals surface area contributed by atoms with Crippen LogP contribution in [-0.2, 0) is 0 Å². The van der Waals surface area contributed by atoms with Gasteiger partial charge in [-0.3, -0.25) is 4.79 Å². The summed E-state index contributed by atoms with van der Waals surface area (Å²) < 4.78 is 5.21. The first kappa shape index (κ1) is 15.9. The lowest BCUT2D eigenvalue weighted by molar-refractivity contribution is 0.0919. The van der Waals surface area contributed by atoms with E-state index in [1.165, 1.54) is 7.11 Å². The Hall–Kier alpha value is -1.46. The van der Waals surface area contributed by atoms with E-state index in [0.717, 1.165) is 25.9 Å². The van der Waals surface area contributed by atoms with E-state index in [9.17, 15) is 4.79 Å². The van der Waals surface area contributed by atoms with Crippen LogP contribution in [0, 0.1) is 5.41 Å². The predicted octanol–water partition coefficient (Wildman–Crippen LogP) is 2.05. The zero-order valence-corrected chi connectivity index (χ0v) is 13.2. The van der Waals surface area contributed by atoms with Crippen LogP contribution in [0.2, 0.25) is 5.02 Å². The number of ether oxygens (including phenoxy) is 1. The molecule has 0 radical (unpaired) electrons. The summed E-state index contributed by atoms with van der Waals surface area (Å²) >= 11 is 5.99. The lowest BCUT2D eigenvalue weighted by Gasteiger charge is -2.34. The highest BCUT2D eigenvalue weighted by atomic mass is 35.5. The van der Waals surface area contributed by atoms with Gasteiger partial charge in [0.05, 0.1) is 23.4 Å². The molecule has 0 saturated carbocycles. The molecule has 0 aliphatic carbocycles. The lowest BCUT2D eigenvalue weighted by atomic mass is 9.81. The molecule has 0 bridgehead atoms. The van der Waals surface area contributed by atoms with Crippen molar-refractivity contribution in [3.05, 3.63) is 22.7 Å². The number of amides is 1. The molecule has 0 spiro atoms. The Bertz CT molecular complexity index is 528. The van der Waals surface area contributed by atoms with Crippen LogP contribution in [0.3, 0.4) is 0 Å². The molecular formula is C15H22ClN3O2. The molecule has 1 heterocycles. The van der Waals surface area contributed by atoms with Gasteiger partial charge in [-0.2, -0.15) is 0 Å². The highest BCUT2D eigenvalue weighted by molar-refractivity contribution is 6.33. The lowest BCUT2D eigenvalue weighted by Crippen LogP contribution is -2.42. The number of rotatable bonds is 4. The molecule has 1 aliphatic rings. The number of methoxy groups -OCH3 is 1. The molecule has 1 fully saturated rings. The fraction of sp³-hybridized carbons (Fsp3) is 0.533. The second-order valence-electron chi connectivity index (χ2n) is 5.82. The van der Waals surface area contributed by atoms with Crippen molar-refractivity contribution in [2.24, 2.45) is 5.41 Å². The summed E-state index contributed by atoms with van der Waals surface area (Å²) in [6.45, 7) is 4.81. The highest BCUT2D eigenvalue weighted by Crippen LogP contribution is 2.30. The van der Waals surface area contributed by atoms with E-state index in [2.05, 4.69) is 17.6 Å². The first-order valence-corrected chi connectivity index (χ1v) is 7.45. The first-order valence-electron chi connectivity index (χ1n) is 7.07. The molecule has 5 nitrogen and oxygen atoms in total. The van der Waals surface area contributed by atoms with Gasteiger partial charge < -0.3 is 21.1 Å². The van der Waals surface area contributed by atoms with Crippen molar-refractivity contribution < 1.29 is 9.53 Å². The van der Waals surface area contributed by atoms with Crippen LogP contribution >= 0.6 is 11.6 Å². The van der Waals surface area contributed by atoms with Gasteiger partial charge >= 0.3 is 0 Å². The van der Waals surface area contributed by atoms with Gasteiger partial charge in [-0.05, 0) is 37.4 Å². The average Bonchev–Trinajstić information content (AvgIpc) is 2.48. The molecular weight excluding hydrogens is 290 g/mol. The third kappa shape index (κ3) is 3.80. The smallest absolute Gasteiger partial charge is 0.255 e. The van der Waals surface area contributed by atoms with Gasteiger partial charge in [0.15, 0.2) is 0 Å². The molecule has 116 valence electrons. The van der Waals surface area contributed by atoms with E-state index in [1.54, 1.807) is 12.1 Å². The Morgan fingerprint density at radius 3 is 2.76 bits per heavy atom. The van der Waals surface area contributed by atoms with Crippen LogP contribution in [0.4, 0.5) is 5.69 Å². The fourth-order valence-electron chi connectivity index (χ4n) is 2.51. The molecule has 21 heavy (non-hydrogen) atoms. The molecule has 6 heteroatoms. The molecule has 4 N–H and O–H groups in total. The van der Waals surface area contributed by atoms with Crippen molar-refractivity contribution in [3.63, 3.8) is 0 Å². The highest BCUT2D eigenvalue weighted by Gasteiger charge is 2.27. The zero-order chi connectivity index (χ0) is 15.5. The minimum Gasteiger partial charge on any atom is -0.496 e. The second kappa shape index (κ2) is 6.54. The fourth-order valence-corrected chi connectivity index (χ4v) is 2.68. The SMILES string of the molecule is COc1cc(N)c(Cl)cc1C(=O)NCC1(C)CCNCC1. The number of anilines is 1. The van der Waals surface area contributed by atoms with Crippen molar-refractivity contribution in [1.82, 2.24) is 10.6 Å². The number of hydrogen-bond donors (Lipinski definition) is 3. The second-order valence-corrected chi connectivity index (χ2v) is 6.22. The molecule has 1 saturated heterocycles. The molecule has 0 atom stereocenters. The minimum absolute atomic E-state index is 0.131. The van der Waals surface area contributed by atoms with Gasteiger partial charge in [-0.15, -0.1) is 0 Å². The maximum atomic E-state index is 12.4. The van der Waals surface area contributed by atoms with Crippen molar-refractivity contribution >= 4 is 23.2 Å². The number of carbonyl (C=O) groups is 1. The molecule has 0 aromatic heterocycles. The Kier molecular flexibility index (Phi) is 4.96. The van der Waals surface area contributed by atoms with Crippen LogP contribution in [0.1, 0.15) is 30.1 Å². The quantitative estimate of drug-likeness (QED) is 0.744. The number of piperidine rings is 1. The predicted molar refractivity (Wildman–Crippen MR) is 85.0 cm³/mol. The number of nitrogens with two attached hydrogens (primary N) is 1. The van der Waals surface area contributed by atoms with Gasteiger partial charge in [-0.1, -0.05) is 18.5 Å². The van der Waals surface area contributed by atoms with Crippen LogP contribution in [0.5, 0.6) is 5.75 Å². The molecule has 1 amide bonds. The van der Waals surface area contributed by atoms with Crippen molar-refractivity contribution in [3.8, 4) is 5.75 Å². The average molecular weight is 312 g/mol. The van der Waals surface area contributed by atoms with E-state index in [-0.39, 0.29) is 11.3 Å². The molecule has 0 unspecified atom stereocenters. The molecule has 1 aromatic carbocycles. The Morgan fingerprint density at radius 2 is 2.14 bits per heavy atom. The van der Waals surface area contributed by atoms with E-state index in [0.29, 0.717) is 28.6 Å². The summed E-state index contributed by atoms with van der Waals surface area (Å²) in [5.74, 6) is 0.248. The Morgan fingerprint density at radius 1 is 1.48 bits per heavy atom. The summed E-state index contributed by atoms with van der Waals surface area (Å²) in [6.07, 6.45) is 2.10. The third-order valence-electron chi connectivity index (χ3n) is 4.05. The summed E-state index contributed by atoms with van der Waals surface area (Å²) in [5.41, 5.74) is 6.67. The number of carbonyl (C=O) groups excluding carboxylic acids is 1. The topological polar surface area (TPSA) is 76.4 Å². The van der Waals surface area contributed by atoms with Crippen LogP contribution in [0.25, 0.3) is 0 Å². The summed E-state index contributed by atoms with van der Waals surface area (Å²) in [7, 11) is 1.51. The first-order chi connectivity index (χ1) is 9.95. The van der Waals surface area contributed by atoms with Crippen molar-refractivity contribution in [2.75, 3.05) is 32.5 Å². The molecule has 1 aromatic rings.